The lowest BCUT2D eigenvalue weighted by atomic mass is 10.1. The van der Waals surface area contributed by atoms with E-state index in [1.807, 2.05) is 0 Å². The number of aromatic amines is 1. The molecule has 10 heteroatoms. The Balaban J connectivity index is 1.89. The number of rotatable bonds is 4. The van der Waals surface area contributed by atoms with Gasteiger partial charge in [-0.3, -0.25) is 0 Å². The van der Waals surface area contributed by atoms with Gasteiger partial charge >= 0.3 is 5.97 Å². The summed E-state index contributed by atoms with van der Waals surface area (Å²) in [5.41, 5.74) is -0.490. The smallest absolute Gasteiger partial charge is 0.362 e. The Bertz CT molecular complexity index is 1020. The van der Waals surface area contributed by atoms with E-state index >= 15 is 0 Å². The minimum absolute atomic E-state index is 0.0293. The van der Waals surface area contributed by atoms with Gasteiger partial charge in [0, 0.05) is 10.8 Å². The first-order valence-corrected chi connectivity index (χ1v) is 8.72. The minimum atomic E-state index is -3.53. The molecule has 0 amide bonds. The van der Waals surface area contributed by atoms with Gasteiger partial charge in [0.15, 0.2) is 0 Å². The molecule has 1 aromatic heterocycles. The van der Waals surface area contributed by atoms with Crippen molar-refractivity contribution in [1.29, 1.82) is 0 Å². The van der Waals surface area contributed by atoms with Crippen LogP contribution in [0, 0.1) is 23.9 Å². The Kier molecular flexibility index (Phi) is 4.18. The first kappa shape index (κ1) is 16.9. The number of halogens is 1. The molecule has 0 unspecified atom stereocenters. The van der Waals surface area contributed by atoms with Crippen molar-refractivity contribution in [3.05, 3.63) is 34.8 Å². The predicted octanol–water partition coefficient (Wildman–Crippen LogP) is 1.63. The quantitative estimate of drug-likeness (QED) is 0.790. The van der Waals surface area contributed by atoms with E-state index in [2.05, 4.69) is 26.6 Å². The number of benzene rings is 1. The Morgan fingerprint density at radius 3 is 2.80 bits per heavy atom. The molecular weight excluding hydrogens is 353 g/mol. The van der Waals surface area contributed by atoms with Crippen LogP contribution in [0.1, 0.15) is 34.5 Å². The zero-order chi connectivity index (χ0) is 18.2. The summed E-state index contributed by atoms with van der Waals surface area (Å²) in [4.78, 5) is 11.0. The molecule has 0 aliphatic heterocycles. The molecule has 1 fully saturated rings. The lowest BCUT2D eigenvalue weighted by molar-refractivity contribution is 0.0687. The molecule has 0 bridgehead atoms. The molecule has 1 aliphatic rings. The Morgan fingerprint density at radius 1 is 1.44 bits per heavy atom. The van der Waals surface area contributed by atoms with Crippen LogP contribution in [0.3, 0.4) is 0 Å². The molecule has 3 rings (SSSR count). The summed E-state index contributed by atoms with van der Waals surface area (Å²) in [7, 11) is -3.53. The second kappa shape index (κ2) is 6.18. The maximum atomic E-state index is 14.4. The summed E-state index contributed by atoms with van der Waals surface area (Å²) in [6.07, 6.45) is 1.16. The van der Waals surface area contributed by atoms with Crippen molar-refractivity contribution in [2.24, 2.45) is 0 Å². The normalized spacial score (nSPS) is 13.8. The fraction of sp³-hybridized carbons (Fsp3) is 0.267. The van der Waals surface area contributed by atoms with Crippen LogP contribution in [-0.2, 0) is 9.84 Å². The van der Waals surface area contributed by atoms with Crippen LogP contribution in [0.15, 0.2) is 12.1 Å². The topological polar surface area (TPSA) is 122 Å². The number of H-pyrrole nitrogens is 1. The maximum Gasteiger partial charge on any atom is 0.362 e. The lowest BCUT2D eigenvalue weighted by Gasteiger charge is -2.08. The zero-order valence-electron chi connectivity index (χ0n) is 12.9. The average molecular weight is 365 g/mol. The summed E-state index contributed by atoms with van der Waals surface area (Å²) in [5, 5.41) is 19.6. The zero-order valence-corrected chi connectivity index (χ0v) is 13.7. The first-order valence-electron chi connectivity index (χ1n) is 7.17. The number of nitrogens with zero attached hydrogens (tertiary/aromatic N) is 2. The lowest BCUT2D eigenvalue weighted by Crippen LogP contribution is -2.03. The second-order valence-corrected chi connectivity index (χ2v) is 7.38. The maximum absolute atomic E-state index is 14.4. The highest BCUT2D eigenvalue weighted by molar-refractivity contribution is 7.96. The van der Waals surface area contributed by atoms with Crippen LogP contribution < -0.4 is 4.74 Å². The van der Waals surface area contributed by atoms with Gasteiger partial charge in [-0.1, -0.05) is 5.21 Å². The fourth-order valence-corrected chi connectivity index (χ4v) is 3.18. The number of sulfone groups is 1. The Labute approximate surface area is 141 Å². The van der Waals surface area contributed by atoms with E-state index in [4.69, 9.17) is 9.84 Å². The van der Waals surface area contributed by atoms with Crippen molar-refractivity contribution in [3.8, 4) is 22.8 Å². The number of carboxylic acids is 1. The third-order valence-corrected chi connectivity index (χ3v) is 5.29. The highest BCUT2D eigenvalue weighted by Crippen LogP contribution is 2.30. The molecule has 0 spiro atoms. The van der Waals surface area contributed by atoms with Gasteiger partial charge in [-0.15, -0.1) is 5.10 Å². The van der Waals surface area contributed by atoms with Crippen LogP contribution in [-0.4, -0.2) is 40.2 Å². The number of aromatic carboxylic acids is 1. The van der Waals surface area contributed by atoms with Crippen LogP contribution in [0.5, 0.6) is 11.6 Å². The molecule has 8 nitrogen and oxygen atoms in total. The number of ether oxygens (including phenoxy) is 1. The van der Waals surface area contributed by atoms with Gasteiger partial charge < -0.3 is 9.84 Å². The van der Waals surface area contributed by atoms with E-state index in [1.165, 1.54) is 19.1 Å². The molecule has 0 radical (unpaired) electrons. The third kappa shape index (κ3) is 3.46. The standard InChI is InChI=1S/C15H12FN3O5S/c1-8-11(24-14-13(15(20)21)17-19-18-14)5-2-9(12(8)16)6-7-25(22,23)10-3-4-10/h2,5,10H,3-4H2,1H3,(H,20,21)(H,17,18,19). The highest BCUT2D eigenvalue weighted by Gasteiger charge is 2.34. The number of hydrogen-bond donors (Lipinski definition) is 2. The van der Waals surface area contributed by atoms with Crippen molar-refractivity contribution >= 4 is 15.8 Å². The van der Waals surface area contributed by atoms with Crippen LogP contribution in [0.4, 0.5) is 4.39 Å². The Hall–Kier alpha value is -2.93. The van der Waals surface area contributed by atoms with Crippen molar-refractivity contribution in [3.63, 3.8) is 0 Å². The fourth-order valence-electron chi connectivity index (χ4n) is 2.00. The van der Waals surface area contributed by atoms with Gasteiger partial charge in [0.25, 0.3) is 5.88 Å². The molecule has 25 heavy (non-hydrogen) atoms. The molecular formula is C15H12FN3O5S. The van der Waals surface area contributed by atoms with Gasteiger partial charge in [-0.05, 0) is 37.8 Å². The average Bonchev–Trinajstić information content (AvgIpc) is 3.32. The first-order chi connectivity index (χ1) is 11.8. The Morgan fingerprint density at radius 2 is 2.16 bits per heavy atom. The predicted molar refractivity (Wildman–Crippen MR) is 83.4 cm³/mol. The summed E-state index contributed by atoms with van der Waals surface area (Å²) < 4.78 is 43.2. The van der Waals surface area contributed by atoms with E-state index in [-0.39, 0.29) is 22.8 Å². The molecule has 130 valence electrons. The SMILES string of the molecule is Cc1c(Oc2[nH]nnc2C(=O)O)ccc(C#CS(=O)(=O)C2CC2)c1F. The van der Waals surface area contributed by atoms with Gasteiger partial charge in [-0.25, -0.2) is 22.7 Å². The van der Waals surface area contributed by atoms with Crippen molar-refractivity contribution in [1.82, 2.24) is 15.4 Å². The highest BCUT2D eigenvalue weighted by atomic mass is 32.2. The van der Waals surface area contributed by atoms with Gasteiger partial charge in [0.1, 0.15) is 11.6 Å². The van der Waals surface area contributed by atoms with E-state index in [1.54, 1.807) is 0 Å². The largest absolute Gasteiger partial charge is 0.476 e. The minimum Gasteiger partial charge on any atom is -0.476 e. The molecule has 1 saturated carbocycles. The molecule has 0 atom stereocenters. The number of carbonyl (C=O) groups is 1. The van der Waals surface area contributed by atoms with E-state index in [9.17, 15) is 17.6 Å². The molecule has 1 aromatic carbocycles. The molecule has 2 aromatic rings. The monoisotopic (exact) mass is 365 g/mol. The number of nitrogens with one attached hydrogen (secondary N) is 1. The van der Waals surface area contributed by atoms with Gasteiger partial charge in [0.05, 0.1) is 10.8 Å². The van der Waals surface area contributed by atoms with Crippen molar-refractivity contribution in [2.75, 3.05) is 0 Å². The van der Waals surface area contributed by atoms with Gasteiger partial charge in [-0.2, -0.15) is 0 Å². The molecule has 1 aliphatic carbocycles. The number of aromatic nitrogens is 3. The van der Waals surface area contributed by atoms with E-state index in [0.29, 0.717) is 12.8 Å². The van der Waals surface area contributed by atoms with E-state index < -0.39 is 32.6 Å². The van der Waals surface area contributed by atoms with Gasteiger partial charge in [0.2, 0.25) is 15.5 Å². The van der Waals surface area contributed by atoms with Crippen molar-refractivity contribution in [2.45, 2.75) is 25.0 Å². The summed E-state index contributed by atoms with van der Waals surface area (Å²) in [5.74, 6) is 0.0181. The number of carboxylic acid groups (broad SMARTS) is 1. The van der Waals surface area contributed by atoms with Crippen molar-refractivity contribution < 1.29 is 27.4 Å². The second-order valence-electron chi connectivity index (χ2n) is 5.42. The summed E-state index contributed by atoms with van der Waals surface area (Å²) in [6, 6.07) is 2.62. The van der Waals surface area contributed by atoms with Crippen LogP contribution in [0.2, 0.25) is 0 Å². The van der Waals surface area contributed by atoms with Crippen LogP contribution in [0.25, 0.3) is 0 Å². The molecule has 1 heterocycles. The summed E-state index contributed by atoms with van der Waals surface area (Å²) in [6.45, 7) is 1.40. The van der Waals surface area contributed by atoms with Crippen LogP contribution >= 0.6 is 0 Å². The summed E-state index contributed by atoms with van der Waals surface area (Å²) >= 11 is 0. The molecule has 2 N–H and O–H groups in total. The third-order valence-electron chi connectivity index (χ3n) is 3.56. The molecule has 0 saturated heterocycles. The number of hydrogen-bond acceptors (Lipinski definition) is 6. The van der Waals surface area contributed by atoms with E-state index in [0.717, 1.165) is 0 Å².